The number of ether oxygens (including phenoxy) is 1. The first-order chi connectivity index (χ1) is 13.7. The molecule has 28 heavy (non-hydrogen) atoms. The lowest BCUT2D eigenvalue weighted by Crippen LogP contribution is -2.44. The van der Waals surface area contributed by atoms with Crippen molar-refractivity contribution in [1.82, 2.24) is 4.90 Å². The molecule has 0 bridgehead atoms. The van der Waals surface area contributed by atoms with E-state index in [-0.39, 0.29) is 0 Å². The Bertz CT molecular complexity index is 719. The maximum Gasteiger partial charge on any atom is 0.0639 e. The quantitative estimate of drug-likeness (QED) is 0.670. The summed E-state index contributed by atoms with van der Waals surface area (Å²) in [5.74, 6) is 0.582. The predicted octanol–water partition coefficient (Wildman–Crippen LogP) is 5.06. The third-order valence-electron chi connectivity index (χ3n) is 6.04. The topological polar surface area (TPSA) is 15.7 Å². The normalized spacial score (nSPS) is 18.0. The molecule has 0 aromatic heterocycles. The van der Waals surface area contributed by atoms with Gasteiger partial charge in [-0.15, -0.1) is 0 Å². The Hall–Kier alpha value is -1.84. The summed E-state index contributed by atoms with van der Waals surface area (Å²) in [5.41, 5.74) is 5.67. The smallest absolute Gasteiger partial charge is 0.0639 e. The summed E-state index contributed by atoms with van der Waals surface area (Å²) < 4.78 is 6.15. The fourth-order valence-electron chi connectivity index (χ4n) is 4.60. The van der Waals surface area contributed by atoms with Crippen molar-refractivity contribution in [3.63, 3.8) is 0 Å². The molecule has 0 spiro atoms. The largest absolute Gasteiger partial charge is 0.379 e. The van der Waals surface area contributed by atoms with E-state index in [1.807, 2.05) is 0 Å². The van der Waals surface area contributed by atoms with Crippen LogP contribution in [0, 0.1) is 5.92 Å². The summed E-state index contributed by atoms with van der Waals surface area (Å²) in [6.07, 6.45) is 4.85. The third-order valence-corrected chi connectivity index (χ3v) is 6.04. The highest BCUT2D eigenvalue weighted by molar-refractivity contribution is 5.71. The maximum absolute atomic E-state index is 6.15. The number of likely N-dealkylation sites (tertiary alicyclic amines) is 1. The molecule has 1 unspecified atom stereocenters. The number of fused-ring (bicyclic) bond motifs is 2. The lowest BCUT2D eigenvalue weighted by molar-refractivity contribution is 0.0576. The summed E-state index contributed by atoms with van der Waals surface area (Å²) in [7, 11) is 0. The zero-order chi connectivity index (χ0) is 19.3. The van der Waals surface area contributed by atoms with Gasteiger partial charge in [-0.2, -0.15) is 0 Å². The van der Waals surface area contributed by atoms with Crippen molar-refractivity contribution < 1.29 is 4.74 Å². The Morgan fingerprint density at radius 3 is 1.96 bits per heavy atom. The van der Waals surface area contributed by atoms with Crippen LogP contribution in [-0.4, -0.2) is 43.8 Å². The van der Waals surface area contributed by atoms with Gasteiger partial charge in [0.2, 0.25) is 0 Å². The van der Waals surface area contributed by atoms with Crippen LogP contribution in [0.3, 0.4) is 0 Å². The highest BCUT2D eigenvalue weighted by Crippen LogP contribution is 2.36. The first kappa shape index (κ1) is 19.5. The van der Waals surface area contributed by atoms with Gasteiger partial charge in [0.05, 0.1) is 12.6 Å². The lowest BCUT2D eigenvalue weighted by atomic mass is 10.0. The number of hydrogen-bond donors (Lipinski definition) is 0. The van der Waals surface area contributed by atoms with E-state index in [2.05, 4.69) is 72.2 Å². The van der Waals surface area contributed by atoms with Crippen molar-refractivity contribution in [3.8, 4) is 0 Å². The number of rotatable bonds is 7. The van der Waals surface area contributed by atoms with Gasteiger partial charge in [-0.25, -0.2) is 0 Å². The Balaban J connectivity index is 1.63. The third kappa shape index (κ3) is 4.42. The minimum atomic E-state index is 0.431. The molecule has 2 aliphatic rings. The van der Waals surface area contributed by atoms with Crippen LogP contribution in [0.1, 0.15) is 37.8 Å². The van der Waals surface area contributed by atoms with Gasteiger partial charge in [0, 0.05) is 24.5 Å². The molecule has 150 valence electrons. The van der Waals surface area contributed by atoms with Crippen LogP contribution in [0.5, 0.6) is 0 Å². The Labute approximate surface area is 170 Å². The molecule has 0 aliphatic carbocycles. The van der Waals surface area contributed by atoms with Gasteiger partial charge < -0.3 is 9.64 Å². The molecule has 1 saturated heterocycles. The average molecular weight is 379 g/mol. The van der Waals surface area contributed by atoms with Gasteiger partial charge in [0.15, 0.2) is 0 Å². The molecule has 0 saturated carbocycles. The van der Waals surface area contributed by atoms with E-state index in [4.69, 9.17) is 4.74 Å². The molecule has 2 aromatic carbocycles. The summed E-state index contributed by atoms with van der Waals surface area (Å²) in [6, 6.07) is 18.3. The van der Waals surface area contributed by atoms with Crippen LogP contribution in [0.25, 0.3) is 0 Å². The van der Waals surface area contributed by atoms with E-state index in [1.165, 1.54) is 48.4 Å². The van der Waals surface area contributed by atoms with Gasteiger partial charge >= 0.3 is 0 Å². The van der Waals surface area contributed by atoms with Crippen LogP contribution in [-0.2, 0) is 17.6 Å². The minimum Gasteiger partial charge on any atom is -0.379 e. The number of para-hydroxylation sites is 2. The molecule has 2 aliphatic heterocycles. The fourth-order valence-corrected chi connectivity index (χ4v) is 4.60. The molecule has 3 heteroatoms. The van der Waals surface area contributed by atoms with Gasteiger partial charge in [0.1, 0.15) is 0 Å². The van der Waals surface area contributed by atoms with Gasteiger partial charge in [-0.1, -0.05) is 50.2 Å². The molecule has 1 atom stereocenters. The van der Waals surface area contributed by atoms with Crippen molar-refractivity contribution in [2.45, 2.75) is 45.6 Å². The van der Waals surface area contributed by atoms with E-state index in [9.17, 15) is 0 Å². The van der Waals surface area contributed by atoms with Crippen LogP contribution in [0.15, 0.2) is 48.5 Å². The average Bonchev–Trinajstić information content (AvgIpc) is 3.19. The zero-order valence-corrected chi connectivity index (χ0v) is 17.4. The van der Waals surface area contributed by atoms with Crippen LogP contribution >= 0.6 is 0 Å². The van der Waals surface area contributed by atoms with E-state index in [0.29, 0.717) is 12.0 Å². The van der Waals surface area contributed by atoms with Crippen molar-refractivity contribution in [1.29, 1.82) is 0 Å². The van der Waals surface area contributed by atoms with Gasteiger partial charge in [-0.3, -0.25) is 4.90 Å². The van der Waals surface area contributed by atoms with Crippen molar-refractivity contribution >= 4 is 11.4 Å². The summed E-state index contributed by atoms with van der Waals surface area (Å²) >= 11 is 0. The fraction of sp³-hybridized carbons (Fsp3) is 0.520. The van der Waals surface area contributed by atoms with Crippen LogP contribution < -0.4 is 4.90 Å². The van der Waals surface area contributed by atoms with Gasteiger partial charge in [0.25, 0.3) is 0 Å². The second-order valence-corrected chi connectivity index (χ2v) is 8.70. The zero-order valence-electron chi connectivity index (χ0n) is 17.4. The molecule has 1 fully saturated rings. The standard InChI is InChI=1S/C25H34N2O/c1-20(2)18-28-19-23(26-15-7-8-16-26)17-27-24-11-5-3-9-21(24)13-14-22-10-4-6-12-25(22)27/h3-6,9-12,20,23H,7-8,13-19H2,1-2H3. The molecule has 2 aromatic rings. The number of aryl methyl sites for hydroxylation is 2. The molecule has 4 rings (SSSR count). The molecule has 0 amide bonds. The van der Waals surface area contributed by atoms with E-state index >= 15 is 0 Å². The highest BCUT2D eigenvalue weighted by Gasteiger charge is 2.28. The van der Waals surface area contributed by atoms with E-state index in [0.717, 1.165) is 32.6 Å². The van der Waals surface area contributed by atoms with Crippen molar-refractivity contribution in [2.24, 2.45) is 5.92 Å². The summed E-state index contributed by atoms with van der Waals surface area (Å²) in [6.45, 7) is 9.51. The van der Waals surface area contributed by atoms with Crippen LogP contribution in [0.2, 0.25) is 0 Å². The SMILES string of the molecule is CC(C)COCC(CN1c2ccccc2CCc2ccccc21)N1CCCC1. The summed E-state index contributed by atoms with van der Waals surface area (Å²) in [4.78, 5) is 5.22. The maximum atomic E-state index is 6.15. The number of anilines is 2. The molecule has 2 heterocycles. The van der Waals surface area contributed by atoms with Gasteiger partial charge in [-0.05, 0) is 68.0 Å². The molecular weight excluding hydrogens is 344 g/mol. The summed E-state index contributed by atoms with van der Waals surface area (Å²) in [5, 5.41) is 0. The second kappa shape index (κ2) is 9.11. The molecule has 3 nitrogen and oxygen atoms in total. The number of benzene rings is 2. The van der Waals surface area contributed by atoms with Crippen molar-refractivity contribution in [3.05, 3.63) is 59.7 Å². The Kier molecular flexibility index (Phi) is 6.33. The van der Waals surface area contributed by atoms with Crippen molar-refractivity contribution in [2.75, 3.05) is 37.7 Å². The molecule has 0 radical (unpaired) electrons. The Morgan fingerprint density at radius 2 is 1.39 bits per heavy atom. The predicted molar refractivity (Wildman–Crippen MR) is 118 cm³/mol. The number of nitrogens with zero attached hydrogens (tertiary/aromatic N) is 2. The van der Waals surface area contributed by atoms with E-state index < -0.39 is 0 Å². The monoisotopic (exact) mass is 378 g/mol. The molecule has 0 N–H and O–H groups in total. The first-order valence-electron chi connectivity index (χ1n) is 11.0. The van der Waals surface area contributed by atoms with Crippen LogP contribution in [0.4, 0.5) is 11.4 Å². The second-order valence-electron chi connectivity index (χ2n) is 8.70. The highest BCUT2D eigenvalue weighted by atomic mass is 16.5. The number of hydrogen-bond acceptors (Lipinski definition) is 3. The molecular formula is C25H34N2O. The first-order valence-corrected chi connectivity index (χ1v) is 11.0. The minimum absolute atomic E-state index is 0.431. The lowest BCUT2D eigenvalue weighted by Gasteiger charge is -2.35. The van der Waals surface area contributed by atoms with E-state index in [1.54, 1.807) is 0 Å². The Morgan fingerprint density at radius 1 is 0.821 bits per heavy atom.